The number of phenolic OH excluding ortho intramolecular Hbond substituents is 1. The summed E-state index contributed by atoms with van der Waals surface area (Å²) in [5.74, 6) is -0.493. The van der Waals surface area contributed by atoms with Crippen LogP contribution in [-0.2, 0) is 7.05 Å². The van der Waals surface area contributed by atoms with Gasteiger partial charge in [0.1, 0.15) is 11.6 Å². The Morgan fingerprint density at radius 1 is 0.925 bits per heavy atom. The molecule has 3 aromatic carbocycles. The summed E-state index contributed by atoms with van der Waals surface area (Å²) in [5, 5.41) is 11.7. The number of halogens is 2. The van der Waals surface area contributed by atoms with Gasteiger partial charge >= 0.3 is 5.69 Å². The van der Waals surface area contributed by atoms with E-state index < -0.39 is 5.82 Å². The van der Waals surface area contributed by atoms with Gasteiger partial charge in [0.2, 0.25) is 0 Å². The first-order chi connectivity index (χ1) is 18.8. The predicted octanol–water partition coefficient (Wildman–Crippen LogP) is 6.71. The van der Waals surface area contributed by atoms with Crippen LogP contribution in [-0.4, -0.2) is 49.9 Å². The highest BCUT2D eigenvalue weighted by atomic mass is 35.5. The van der Waals surface area contributed by atoms with Crippen molar-refractivity contribution in [1.29, 1.82) is 0 Å². The van der Waals surface area contributed by atoms with Crippen LogP contribution >= 0.6 is 11.6 Å². The predicted molar refractivity (Wildman–Crippen MR) is 161 cm³/mol. The molecule has 0 bridgehead atoms. The number of aryl methyl sites for hydroxylation is 1. The zero-order valence-corrected chi connectivity index (χ0v) is 24.6. The van der Waals surface area contributed by atoms with E-state index in [-0.39, 0.29) is 17.0 Å². The van der Waals surface area contributed by atoms with Crippen molar-refractivity contribution in [3.05, 3.63) is 88.3 Å². The number of aromatic hydroxyl groups is 1. The number of phenols is 1. The van der Waals surface area contributed by atoms with Crippen molar-refractivity contribution in [2.24, 2.45) is 7.05 Å². The van der Waals surface area contributed by atoms with E-state index in [9.17, 15) is 14.3 Å². The largest absolute Gasteiger partial charge is 0.507 e. The molecule has 4 aromatic rings. The second-order valence-electron chi connectivity index (χ2n) is 11.8. The molecule has 0 aliphatic carbocycles. The summed E-state index contributed by atoms with van der Waals surface area (Å²) >= 11 is 6.56. The molecule has 0 amide bonds. The van der Waals surface area contributed by atoms with Crippen LogP contribution in [0.15, 0.2) is 71.8 Å². The molecule has 0 radical (unpaired) electrons. The second-order valence-corrected chi connectivity index (χ2v) is 12.2. The molecule has 1 saturated heterocycles. The Morgan fingerprint density at radius 2 is 1.55 bits per heavy atom. The van der Waals surface area contributed by atoms with Gasteiger partial charge in [-0.2, -0.15) is 0 Å². The monoisotopic (exact) mass is 562 g/mol. The summed E-state index contributed by atoms with van der Waals surface area (Å²) in [7, 11) is 1.66. The Labute approximate surface area is 239 Å². The molecule has 0 saturated carbocycles. The van der Waals surface area contributed by atoms with Crippen LogP contribution in [0.5, 0.6) is 5.75 Å². The maximum Gasteiger partial charge on any atom is 0.332 e. The normalized spacial score (nSPS) is 18.4. The summed E-state index contributed by atoms with van der Waals surface area (Å²) in [6.07, 6.45) is 3.29. The van der Waals surface area contributed by atoms with Gasteiger partial charge in [-0.25, -0.2) is 9.18 Å². The third kappa shape index (κ3) is 5.16. The van der Waals surface area contributed by atoms with Crippen LogP contribution in [0.2, 0.25) is 5.02 Å². The smallest absolute Gasteiger partial charge is 0.332 e. The molecule has 0 unspecified atom stereocenters. The minimum absolute atomic E-state index is 0.0291. The van der Waals surface area contributed by atoms with Gasteiger partial charge in [-0.1, -0.05) is 29.8 Å². The highest BCUT2D eigenvalue weighted by Gasteiger charge is 2.36. The molecule has 1 aliphatic heterocycles. The van der Waals surface area contributed by atoms with Crippen molar-refractivity contribution in [3.63, 3.8) is 0 Å². The summed E-state index contributed by atoms with van der Waals surface area (Å²) in [6, 6.07) is 16.4. The Hall–Kier alpha value is -3.55. The van der Waals surface area contributed by atoms with Gasteiger partial charge in [0.15, 0.2) is 0 Å². The number of benzene rings is 3. The lowest BCUT2D eigenvalue weighted by Gasteiger charge is -2.51. The number of rotatable bonds is 4. The lowest BCUT2D eigenvalue weighted by Crippen LogP contribution is -2.62. The van der Waals surface area contributed by atoms with E-state index in [1.165, 1.54) is 21.3 Å². The fraction of sp³-hybridized carbons (Fsp3) is 0.344. The van der Waals surface area contributed by atoms with Crippen LogP contribution < -0.4 is 10.6 Å². The number of hydrogen-bond acceptors (Lipinski definition) is 4. The standard InChI is InChI=1S/C32H36ClFN4O2/c1-20-18-36(19-21(2)38(20)32(3,4)5)25-9-7-8-22(14-25)26-16-24(34)17-27(30(26)39)23-10-11-29(28(33)15-23)37-13-12-35(6)31(37)40/h7-17,20-21,39H,18-19H2,1-6H3/t20-,21+. The molecule has 1 fully saturated rings. The zero-order valence-electron chi connectivity index (χ0n) is 23.8. The van der Waals surface area contributed by atoms with Crippen molar-refractivity contribution < 1.29 is 9.50 Å². The van der Waals surface area contributed by atoms with Gasteiger partial charge in [-0.05, 0) is 82.1 Å². The fourth-order valence-corrected chi connectivity index (χ4v) is 6.55. The van der Waals surface area contributed by atoms with Crippen LogP contribution in [0.4, 0.5) is 10.1 Å². The van der Waals surface area contributed by atoms with E-state index in [0.29, 0.717) is 39.5 Å². The van der Waals surface area contributed by atoms with E-state index >= 15 is 0 Å². The van der Waals surface area contributed by atoms with Crippen LogP contribution in [0.25, 0.3) is 27.9 Å². The van der Waals surface area contributed by atoms with Crippen molar-refractivity contribution >= 4 is 17.3 Å². The number of imidazole rings is 1. The van der Waals surface area contributed by atoms with Crippen molar-refractivity contribution in [3.8, 4) is 33.7 Å². The number of hydrogen-bond donors (Lipinski definition) is 1. The maximum absolute atomic E-state index is 15.0. The first-order valence-electron chi connectivity index (χ1n) is 13.6. The first-order valence-corrected chi connectivity index (χ1v) is 13.9. The van der Waals surface area contributed by atoms with Crippen molar-refractivity contribution in [2.45, 2.75) is 52.2 Å². The number of anilines is 1. The van der Waals surface area contributed by atoms with E-state index in [1.54, 1.807) is 37.6 Å². The molecule has 8 heteroatoms. The molecular formula is C32H36ClFN4O2. The van der Waals surface area contributed by atoms with Crippen LogP contribution in [0, 0.1) is 5.82 Å². The van der Waals surface area contributed by atoms with Gasteiger partial charge in [0.25, 0.3) is 0 Å². The van der Waals surface area contributed by atoms with Gasteiger partial charge in [0, 0.05) is 67.0 Å². The van der Waals surface area contributed by atoms with Crippen molar-refractivity contribution in [1.82, 2.24) is 14.0 Å². The Kier molecular flexibility index (Phi) is 7.31. The third-order valence-electron chi connectivity index (χ3n) is 7.76. The molecule has 1 N–H and O–H groups in total. The van der Waals surface area contributed by atoms with E-state index in [2.05, 4.69) is 50.5 Å². The topological polar surface area (TPSA) is 53.6 Å². The first kappa shape index (κ1) is 28.0. The highest BCUT2D eigenvalue weighted by Crippen LogP contribution is 2.41. The Morgan fingerprint density at radius 3 is 2.10 bits per heavy atom. The van der Waals surface area contributed by atoms with E-state index in [0.717, 1.165) is 24.3 Å². The van der Waals surface area contributed by atoms with E-state index in [1.807, 2.05) is 18.2 Å². The summed E-state index contributed by atoms with van der Waals surface area (Å²) in [5.41, 5.74) is 3.41. The highest BCUT2D eigenvalue weighted by molar-refractivity contribution is 6.32. The molecule has 2 heterocycles. The lowest BCUT2D eigenvalue weighted by atomic mass is 9.95. The summed E-state index contributed by atoms with van der Waals surface area (Å²) in [6.45, 7) is 13.0. The minimum atomic E-state index is -0.464. The minimum Gasteiger partial charge on any atom is -0.507 e. The average molecular weight is 563 g/mol. The number of nitrogens with zero attached hydrogens (tertiary/aromatic N) is 4. The zero-order chi connectivity index (χ0) is 28.9. The van der Waals surface area contributed by atoms with Gasteiger partial charge in [0.05, 0.1) is 10.7 Å². The Balaban J connectivity index is 1.49. The fourth-order valence-electron chi connectivity index (χ4n) is 6.28. The molecule has 1 aromatic heterocycles. The number of piperazine rings is 1. The average Bonchev–Trinajstić information content (AvgIpc) is 3.21. The summed E-state index contributed by atoms with van der Waals surface area (Å²) in [4.78, 5) is 17.3. The van der Waals surface area contributed by atoms with Gasteiger partial charge in [-0.3, -0.25) is 9.47 Å². The molecule has 0 spiro atoms. The van der Waals surface area contributed by atoms with Gasteiger partial charge < -0.3 is 14.6 Å². The lowest BCUT2D eigenvalue weighted by molar-refractivity contribution is 0.0361. The number of aromatic nitrogens is 2. The second kappa shape index (κ2) is 10.5. The molecule has 1 aliphatic rings. The molecule has 2 atom stereocenters. The molecule has 5 rings (SSSR count). The van der Waals surface area contributed by atoms with Crippen LogP contribution in [0.1, 0.15) is 34.6 Å². The molecule has 210 valence electrons. The SMILES string of the molecule is C[C@@H]1CN(c2cccc(-c3cc(F)cc(-c4ccc(-n5ccn(C)c5=O)c(Cl)c4)c3O)c2)C[C@H](C)N1C(C)(C)C. The quantitative estimate of drug-likeness (QED) is 0.300. The van der Waals surface area contributed by atoms with Gasteiger partial charge in [-0.15, -0.1) is 0 Å². The van der Waals surface area contributed by atoms with Crippen molar-refractivity contribution in [2.75, 3.05) is 18.0 Å². The molecule has 6 nitrogen and oxygen atoms in total. The van der Waals surface area contributed by atoms with Crippen LogP contribution in [0.3, 0.4) is 0 Å². The molecule has 40 heavy (non-hydrogen) atoms. The third-order valence-corrected chi connectivity index (χ3v) is 8.06. The Bertz CT molecular complexity index is 1610. The summed E-state index contributed by atoms with van der Waals surface area (Å²) < 4.78 is 17.9. The molecular weight excluding hydrogens is 527 g/mol. The maximum atomic E-state index is 15.0. The van der Waals surface area contributed by atoms with E-state index in [4.69, 9.17) is 11.6 Å².